The number of aromatic hydroxyl groups is 1. The van der Waals surface area contributed by atoms with Gasteiger partial charge in [0.05, 0.1) is 18.7 Å². The molecule has 19 heavy (non-hydrogen) atoms. The van der Waals surface area contributed by atoms with E-state index in [9.17, 15) is 14.7 Å². The monoisotopic (exact) mass is 267 g/mol. The van der Waals surface area contributed by atoms with E-state index in [1.54, 1.807) is 0 Å². The van der Waals surface area contributed by atoms with Crippen LogP contribution in [-0.2, 0) is 9.53 Å². The first-order valence-corrected chi connectivity index (χ1v) is 5.67. The third kappa shape index (κ3) is 4.84. The molecule has 0 spiro atoms. The third-order valence-corrected chi connectivity index (χ3v) is 2.32. The molecule has 0 radical (unpaired) electrons. The van der Waals surface area contributed by atoms with E-state index in [4.69, 9.17) is 10.5 Å². The lowest BCUT2D eigenvalue weighted by atomic mass is 10.1. The maximum atomic E-state index is 11.7. The number of nitrogens with two attached hydrogens (primary N) is 1. The molecule has 7 nitrogen and oxygen atoms in total. The molecule has 0 aromatic heterocycles. The molecule has 0 saturated carbocycles. The molecule has 0 atom stereocenters. The largest absolute Gasteiger partial charge is 0.508 e. The van der Waals surface area contributed by atoms with Gasteiger partial charge in [-0.3, -0.25) is 9.59 Å². The Morgan fingerprint density at radius 3 is 2.79 bits per heavy atom. The van der Waals surface area contributed by atoms with Crippen molar-refractivity contribution in [2.45, 2.75) is 0 Å². The summed E-state index contributed by atoms with van der Waals surface area (Å²) in [6.07, 6.45) is 0. The van der Waals surface area contributed by atoms with Crippen molar-refractivity contribution in [3.8, 4) is 5.75 Å². The van der Waals surface area contributed by atoms with Crippen molar-refractivity contribution in [2.75, 3.05) is 32.5 Å². The Kier molecular flexibility index (Phi) is 5.62. The first kappa shape index (κ1) is 14.8. The van der Waals surface area contributed by atoms with Crippen molar-refractivity contribution in [2.24, 2.45) is 0 Å². The van der Waals surface area contributed by atoms with Crippen LogP contribution in [0.4, 0.5) is 5.69 Å². The molecular weight excluding hydrogens is 250 g/mol. The number of nitrogens with one attached hydrogen (secondary N) is 2. The molecule has 104 valence electrons. The Labute approximate surface area is 110 Å². The van der Waals surface area contributed by atoms with Gasteiger partial charge in [-0.1, -0.05) is 0 Å². The summed E-state index contributed by atoms with van der Waals surface area (Å²) < 4.78 is 4.77. The highest BCUT2D eigenvalue weighted by Crippen LogP contribution is 2.17. The minimum Gasteiger partial charge on any atom is -0.508 e. The molecule has 0 aliphatic carbocycles. The normalized spacial score (nSPS) is 9.95. The summed E-state index contributed by atoms with van der Waals surface area (Å²) in [5.74, 6) is -0.914. The number of rotatable bonds is 6. The van der Waals surface area contributed by atoms with Crippen LogP contribution in [0.5, 0.6) is 5.75 Å². The van der Waals surface area contributed by atoms with Crippen LogP contribution < -0.4 is 16.4 Å². The quantitative estimate of drug-likeness (QED) is 0.314. The predicted molar refractivity (Wildman–Crippen MR) is 69.7 cm³/mol. The van der Waals surface area contributed by atoms with Crippen molar-refractivity contribution >= 4 is 17.5 Å². The summed E-state index contributed by atoms with van der Waals surface area (Å²) in [7, 11) is 1.53. The van der Waals surface area contributed by atoms with Crippen LogP contribution >= 0.6 is 0 Å². The number of amides is 2. The third-order valence-electron chi connectivity index (χ3n) is 2.32. The molecule has 2 amide bonds. The molecule has 1 rings (SSSR count). The lowest BCUT2D eigenvalue weighted by molar-refractivity contribution is -0.120. The maximum Gasteiger partial charge on any atom is 0.253 e. The van der Waals surface area contributed by atoms with E-state index in [2.05, 4.69) is 10.6 Å². The van der Waals surface area contributed by atoms with Gasteiger partial charge in [-0.2, -0.15) is 0 Å². The van der Waals surface area contributed by atoms with Crippen LogP contribution in [0.2, 0.25) is 0 Å². The standard InChI is InChI=1S/C12H17N3O4/c1-19-5-4-14-11(17)7-15-12(18)9-6-8(16)2-3-10(9)13/h2-3,6,16H,4-5,7,13H2,1H3,(H,14,17)(H,15,18). The van der Waals surface area contributed by atoms with Gasteiger partial charge in [0, 0.05) is 19.3 Å². The number of nitrogen functional groups attached to an aromatic ring is 1. The Bertz CT molecular complexity index is 462. The second-order valence-electron chi connectivity index (χ2n) is 3.80. The SMILES string of the molecule is COCCNC(=O)CNC(=O)c1cc(O)ccc1N. The number of methoxy groups -OCH3 is 1. The van der Waals surface area contributed by atoms with Crippen LogP contribution in [0.1, 0.15) is 10.4 Å². The lowest BCUT2D eigenvalue weighted by Gasteiger charge is -2.08. The van der Waals surface area contributed by atoms with Crippen molar-refractivity contribution < 1.29 is 19.4 Å². The summed E-state index contributed by atoms with van der Waals surface area (Å²) in [6.45, 7) is 0.607. The van der Waals surface area contributed by atoms with Gasteiger partial charge in [-0.25, -0.2) is 0 Å². The zero-order chi connectivity index (χ0) is 14.3. The fourth-order valence-electron chi connectivity index (χ4n) is 1.35. The number of hydrogen-bond donors (Lipinski definition) is 4. The predicted octanol–water partition coefficient (Wildman–Crippen LogP) is -0.533. The summed E-state index contributed by atoms with van der Waals surface area (Å²) in [5.41, 5.74) is 5.97. The fourth-order valence-corrected chi connectivity index (χ4v) is 1.35. The number of hydrogen-bond acceptors (Lipinski definition) is 5. The minimum atomic E-state index is -0.518. The second kappa shape index (κ2) is 7.22. The molecule has 7 heteroatoms. The van der Waals surface area contributed by atoms with E-state index >= 15 is 0 Å². The molecule has 0 saturated heterocycles. The van der Waals surface area contributed by atoms with Crippen molar-refractivity contribution in [3.05, 3.63) is 23.8 Å². The number of phenolic OH excluding ortho intramolecular Hbond substituents is 1. The summed E-state index contributed by atoms with van der Waals surface area (Å²) in [4.78, 5) is 23.1. The molecule has 0 heterocycles. The molecule has 1 aromatic carbocycles. The van der Waals surface area contributed by atoms with Gasteiger partial charge in [-0.15, -0.1) is 0 Å². The first-order valence-electron chi connectivity index (χ1n) is 5.67. The van der Waals surface area contributed by atoms with Gasteiger partial charge in [0.2, 0.25) is 5.91 Å². The Balaban J connectivity index is 2.47. The molecule has 1 aromatic rings. The Morgan fingerprint density at radius 1 is 1.37 bits per heavy atom. The molecule has 0 aliphatic rings. The molecule has 0 aliphatic heterocycles. The first-order chi connectivity index (χ1) is 9.04. The highest BCUT2D eigenvalue weighted by molar-refractivity contribution is 6.01. The van der Waals surface area contributed by atoms with Crippen molar-refractivity contribution in [1.29, 1.82) is 0 Å². The number of benzene rings is 1. The molecule has 0 fully saturated rings. The van der Waals surface area contributed by atoms with Crippen LogP contribution in [0.3, 0.4) is 0 Å². The number of ether oxygens (including phenoxy) is 1. The average molecular weight is 267 g/mol. The van der Waals surface area contributed by atoms with E-state index in [0.717, 1.165) is 0 Å². The molecule has 0 unspecified atom stereocenters. The summed E-state index contributed by atoms with van der Waals surface area (Å²) in [5, 5.41) is 14.2. The Morgan fingerprint density at radius 2 is 2.11 bits per heavy atom. The number of carbonyl (C=O) groups excluding carboxylic acids is 2. The highest BCUT2D eigenvalue weighted by atomic mass is 16.5. The second-order valence-corrected chi connectivity index (χ2v) is 3.80. The van der Waals surface area contributed by atoms with Gasteiger partial charge in [0.25, 0.3) is 5.91 Å². The van der Waals surface area contributed by atoms with E-state index in [-0.39, 0.29) is 29.5 Å². The van der Waals surface area contributed by atoms with E-state index in [1.807, 2.05) is 0 Å². The lowest BCUT2D eigenvalue weighted by Crippen LogP contribution is -2.38. The number of anilines is 1. The Hall–Kier alpha value is -2.28. The van der Waals surface area contributed by atoms with Gasteiger partial charge >= 0.3 is 0 Å². The van der Waals surface area contributed by atoms with Crippen LogP contribution in [0.25, 0.3) is 0 Å². The maximum absolute atomic E-state index is 11.7. The van der Waals surface area contributed by atoms with Crippen LogP contribution in [0.15, 0.2) is 18.2 Å². The smallest absolute Gasteiger partial charge is 0.253 e. The van der Waals surface area contributed by atoms with Gasteiger partial charge in [0.15, 0.2) is 0 Å². The topological polar surface area (TPSA) is 114 Å². The molecular formula is C12H17N3O4. The van der Waals surface area contributed by atoms with Crippen LogP contribution in [0, 0.1) is 0 Å². The highest BCUT2D eigenvalue weighted by Gasteiger charge is 2.11. The fraction of sp³-hybridized carbons (Fsp3) is 0.333. The van der Waals surface area contributed by atoms with E-state index < -0.39 is 5.91 Å². The minimum absolute atomic E-state index is 0.0658. The van der Waals surface area contributed by atoms with E-state index in [1.165, 1.54) is 25.3 Å². The zero-order valence-corrected chi connectivity index (χ0v) is 10.6. The molecule has 5 N–H and O–H groups in total. The van der Waals surface area contributed by atoms with Crippen LogP contribution in [-0.4, -0.2) is 43.7 Å². The number of carbonyl (C=O) groups is 2. The van der Waals surface area contributed by atoms with Crippen molar-refractivity contribution in [3.63, 3.8) is 0 Å². The zero-order valence-electron chi connectivity index (χ0n) is 10.6. The summed E-state index contributed by atoms with van der Waals surface area (Å²) >= 11 is 0. The number of phenols is 1. The van der Waals surface area contributed by atoms with Gasteiger partial charge in [-0.05, 0) is 18.2 Å². The average Bonchev–Trinajstić information content (AvgIpc) is 2.39. The van der Waals surface area contributed by atoms with Crippen molar-refractivity contribution in [1.82, 2.24) is 10.6 Å². The van der Waals surface area contributed by atoms with Gasteiger partial charge < -0.3 is 26.2 Å². The summed E-state index contributed by atoms with van der Waals surface area (Å²) in [6, 6.07) is 4.04. The van der Waals surface area contributed by atoms with E-state index in [0.29, 0.717) is 13.2 Å². The van der Waals surface area contributed by atoms with Gasteiger partial charge in [0.1, 0.15) is 5.75 Å². The molecule has 0 bridgehead atoms.